The van der Waals surface area contributed by atoms with E-state index in [-0.39, 0.29) is 41.3 Å². The molecular formula is C29H39N5O9. The molecule has 0 aliphatic heterocycles. The molecule has 0 spiro atoms. The maximum Gasteiger partial charge on any atom is 0.264 e. The zero-order chi connectivity index (χ0) is 32.5. The van der Waals surface area contributed by atoms with Gasteiger partial charge >= 0.3 is 0 Å². The van der Waals surface area contributed by atoms with Gasteiger partial charge in [-0.2, -0.15) is 5.06 Å². The number of ketones is 2. The number of carbonyl (C=O) groups excluding carboxylic acids is 4. The van der Waals surface area contributed by atoms with Crippen LogP contribution in [0.2, 0.25) is 0 Å². The van der Waals surface area contributed by atoms with Gasteiger partial charge in [-0.25, -0.2) is 0 Å². The van der Waals surface area contributed by atoms with Crippen molar-refractivity contribution < 1.29 is 44.8 Å². The maximum absolute atomic E-state index is 14.1. The number of hydrogen-bond donors (Lipinski definition) is 7. The smallest absolute Gasteiger partial charge is 0.264 e. The van der Waals surface area contributed by atoms with Gasteiger partial charge in [0.05, 0.1) is 18.2 Å². The molecule has 8 N–H and O–H groups in total. The largest absolute Gasteiger partial charge is 0.508 e. The molecule has 0 radical (unpaired) electrons. The molecule has 3 aliphatic rings. The molecule has 234 valence electrons. The van der Waals surface area contributed by atoms with E-state index in [2.05, 4.69) is 5.32 Å². The topological polar surface area (TPSA) is 217 Å². The van der Waals surface area contributed by atoms with Crippen LogP contribution in [-0.4, -0.2) is 106 Å². The van der Waals surface area contributed by atoms with Gasteiger partial charge in [-0.1, -0.05) is 0 Å². The van der Waals surface area contributed by atoms with Crippen LogP contribution in [-0.2, 0) is 25.6 Å². The minimum Gasteiger partial charge on any atom is -0.508 e. The van der Waals surface area contributed by atoms with Crippen molar-refractivity contribution in [1.82, 2.24) is 10.2 Å². The van der Waals surface area contributed by atoms with Crippen molar-refractivity contribution in [3.05, 3.63) is 34.1 Å². The fraction of sp³-hybridized carbons (Fsp3) is 0.517. The highest BCUT2D eigenvalue weighted by molar-refractivity contribution is 6.24. The summed E-state index contributed by atoms with van der Waals surface area (Å²) in [5, 5.41) is 59.6. The molecule has 1 fully saturated rings. The van der Waals surface area contributed by atoms with Crippen molar-refractivity contribution in [1.29, 1.82) is 0 Å². The van der Waals surface area contributed by atoms with Crippen LogP contribution < -0.4 is 21.0 Å². The van der Waals surface area contributed by atoms with Gasteiger partial charge in [0.1, 0.15) is 22.8 Å². The summed E-state index contributed by atoms with van der Waals surface area (Å²) in [5.74, 6) is -8.71. The summed E-state index contributed by atoms with van der Waals surface area (Å²) >= 11 is 0. The lowest BCUT2D eigenvalue weighted by molar-refractivity contribution is -0.153. The molecular weight excluding hydrogens is 562 g/mol. The second-order valence-corrected chi connectivity index (χ2v) is 12.8. The number of benzene rings is 1. The second kappa shape index (κ2) is 10.6. The van der Waals surface area contributed by atoms with Crippen molar-refractivity contribution in [2.45, 2.75) is 50.8 Å². The number of nitrogens with one attached hydrogen (secondary N) is 1. The van der Waals surface area contributed by atoms with Crippen LogP contribution in [0.1, 0.15) is 38.3 Å². The third-order valence-corrected chi connectivity index (χ3v) is 8.39. The third kappa shape index (κ3) is 4.93. The van der Waals surface area contributed by atoms with Crippen molar-refractivity contribution in [3.8, 4) is 5.75 Å². The van der Waals surface area contributed by atoms with E-state index in [1.165, 1.54) is 25.1 Å². The number of hydroxylamine groups is 1. The summed E-state index contributed by atoms with van der Waals surface area (Å²) < 4.78 is 0. The number of nitrogens with two attached hydrogens (primary N) is 1. The Kier molecular flexibility index (Phi) is 7.90. The number of rotatable bonds is 6. The zero-order valence-electron chi connectivity index (χ0n) is 25.2. The number of Topliss-reactive ketones (excluding diaryl/α,β-unsaturated/α-hetero) is 2. The lowest BCUT2D eigenvalue weighted by Gasteiger charge is -2.50. The SMILES string of the molecule is CN(C)c1cc(N(O)C(=O)CNC(C)(C)C)c(O)c2c1C[C@H]1C[C@H]3[C@H](N(C)C)C(=O)C(C(N)=O)=C(O)[C@@]3(O)C(=O)C1=C2O. The molecule has 0 bridgehead atoms. The zero-order valence-corrected chi connectivity index (χ0v) is 25.2. The normalized spacial score (nSPS) is 25.4. The van der Waals surface area contributed by atoms with E-state index in [0.717, 1.165) is 0 Å². The van der Waals surface area contributed by atoms with E-state index in [4.69, 9.17) is 5.73 Å². The van der Waals surface area contributed by atoms with Crippen LogP contribution in [0, 0.1) is 11.8 Å². The first-order valence-corrected chi connectivity index (χ1v) is 13.7. The monoisotopic (exact) mass is 601 g/mol. The molecule has 0 heterocycles. The number of aliphatic hydroxyl groups excluding tert-OH is 2. The van der Waals surface area contributed by atoms with E-state index >= 15 is 0 Å². The molecule has 0 aromatic heterocycles. The van der Waals surface area contributed by atoms with Crippen LogP contribution in [0.3, 0.4) is 0 Å². The summed E-state index contributed by atoms with van der Waals surface area (Å²) in [7, 11) is 6.41. The summed E-state index contributed by atoms with van der Waals surface area (Å²) in [4.78, 5) is 55.4. The molecule has 14 heteroatoms. The lowest BCUT2D eigenvalue weighted by Crippen LogP contribution is -2.65. The maximum atomic E-state index is 14.1. The standard InChI is InChI=1S/C29H39N5O9/c1-28(2,3)31-11-17(35)34(43)16-10-15(32(4)5)13-8-12-9-14-21(33(6)7)24(38)20(27(30)41)26(40)29(14,42)25(39)18(12)23(37)19(13)22(16)36/h10,12,14,21,31,36-37,40,42-43H,8-9,11H2,1-7H3,(H2,30,41)/t12-,14-,21-,29-/m0/s1. The number of amides is 2. The van der Waals surface area contributed by atoms with Gasteiger partial charge < -0.3 is 36.4 Å². The Morgan fingerprint density at radius 1 is 1.09 bits per heavy atom. The number of likely N-dealkylation sites (N-methyl/N-ethyl adjacent to an activating group) is 1. The molecule has 0 saturated heterocycles. The molecule has 43 heavy (non-hydrogen) atoms. The Balaban J connectivity index is 1.92. The number of carbonyl (C=O) groups is 4. The first kappa shape index (κ1) is 31.9. The Labute approximate surface area is 248 Å². The quantitative estimate of drug-likeness (QED) is 0.132. The molecule has 1 saturated carbocycles. The summed E-state index contributed by atoms with van der Waals surface area (Å²) in [5.41, 5.74) is 1.10. The molecule has 1 aromatic carbocycles. The summed E-state index contributed by atoms with van der Waals surface area (Å²) in [6.45, 7) is 5.19. The number of anilines is 2. The third-order valence-electron chi connectivity index (χ3n) is 8.39. The Bertz CT molecular complexity index is 1490. The summed E-state index contributed by atoms with van der Waals surface area (Å²) in [6.07, 6.45) is -0.00886. The van der Waals surface area contributed by atoms with Crippen LogP contribution in [0.5, 0.6) is 5.75 Å². The average molecular weight is 602 g/mol. The number of aromatic hydroxyl groups is 1. The minimum absolute atomic E-state index is 0.0564. The van der Waals surface area contributed by atoms with E-state index in [1.807, 2.05) is 20.8 Å². The number of nitrogens with zero attached hydrogens (tertiary/aromatic N) is 3. The van der Waals surface area contributed by atoms with Crippen LogP contribution in [0.25, 0.3) is 5.76 Å². The fourth-order valence-corrected chi connectivity index (χ4v) is 6.39. The Hall–Kier alpha value is -3.98. The summed E-state index contributed by atoms with van der Waals surface area (Å²) in [6, 6.07) is 0.181. The second-order valence-electron chi connectivity index (χ2n) is 12.8. The van der Waals surface area contributed by atoms with Crippen molar-refractivity contribution in [3.63, 3.8) is 0 Å². The number of phenols is 1. The molecule has 14 nitrogen and oxygen atoms in total. The average Bonchev–Trinajstić information content (AvgIpc) is 2.88. The predicted octanol–water partition coefficient (Wildman–Crippen LogP) is 0.140. The van der Waals surface area contributed by atoms with Gasteiger partial charge in [-0.15, -0.1) is 0 Å². The first-order valence-electron chi connectivity index (χ1n) is 13.7. The fourth-order valence-electron chi connectivity index (χ4n) is 6.39. The molecule has 4 atom stereocenters. The molecule has 0 unspecified atom stereocenters. The highest BCUT2D eigenvalue weighted by Crippen LogP contribution is 2.54. The van der Waals surface area contributed by atoms with E-state index < -0.39 is 75.2 Å². The Morgan fingerprint density at radius 3 is 2.21 bits per heavy atom. The predicted molar refractivity (Wildman–Crippen MR) is 156 cm³/mol. The first-order chi connectivity index (χ1) is 19.7. The van der Waals surface area contributed by atoms with E-state index in [0.29, 0.717) is 11.3 Å². The number of primary amides is 1. The lowest BCUT2D eigenvalue weighted by atomic mass is 9.57. The van der Waals surface area contributed by atoms with Crippen molar-refractivity contribution >= 4 is 40.5 Å². The van der Waals surface area contributed by atoms with Gasteiger partial charge in [0.15, 0.2) is 17.1 Å². The molecule has 3 aliphatic carbocycles. The van der Waals surface area contributed by atoms with Gasteiger partial charge in [0, 0.05) is 36.8 Å². The van der Waals surface area contributed by atoms with E-state index in [9.17, 15) is 44.8 Å². The minimum atomic E-state index is -2.78. The van der Waals surface area contributed by atoms with Gasteiger partial charge in [0.25, 0.3) is 11.8 Å². The molecule has 2 amide bonds. The van der Waals surface area contributed by atoms with E-state index in [1.54, 1.807) is 19.0 Å². The highest BCUT2D eigenvalue weighted by Gasteiger charge is 2.64. The number of phenolic OH excluding ortho intramolecular Hbond substituents is 1. The molecule has 1 aromatic rings. The number of aliphatic hydroxyl groups is 3. The van der Waals surface area contributed by atoms with Gasteiger partial charge in [-0.05, 0) is 65.3 Å². The number of fused-ring (bicyclic) bond motifs is 3. The van der Waals surface area contributed by atoms with Crippen LogP contribution >= 0.6 is 0 Å². The molecule has 4 rings (SSSR count). The van der Waals surface area contributed by atoms with Crippen LogP contribution in [0.15, 0.2) is 23.0 Å². The van der Waals surface area contributed by atoms with Crippen LogP contribution in [0.4, 0.5) is 11.4 Å². The van der Waals surface area contributed by atoms with Crippen molar-refractivity contribution in [2.75, 3.05) is 44.7 Å². The Morgan fingerprint density at radius 2 is 1.70 bits per heavy atom. The number of hydrogen-bond acceptors (Lipinski definition) is 12. The van der Waals surface area contributed by atoms with Gasteiger partial charge in [-0.3, -0.25) is 29.3 Å². The van der Waals surface area contributed by atoms with Crippen molar-refractivity contribution in [2.24, 2.45) is 17.6 Å². The van der Waals surface area contributed by atoms with Gasteiger partial charge in [0.2, 0.25) is 5.78 Å². The highest BCUT2D eigenvalue weighted by atomic mass is 16.5.